The van der Waals surface area contributed by atoms with Gasteiger partial charge in [-0.15, -0.1) is 11.6 Å². The van der Waals surface area contributed by atoms with E-state index in [1.54, 1.807) is 7.11 Å². The third-order valence-electron chi connectivity index (χ3n) is 18.4. The molecule has 0 saturated carbocycles. The largest absolute Gasteiger partial charge is 0.497 e. The van der Waals surface area contributed by atoms with Gasteiger partial charge in [0.05, 0.1) is 68.7 Å². The number of hydrogen-bond donors (Lipinski definition) is 1. The zero-order valence-electron chi connectivity index (χ0n) is 51.0. The Balaban J connectivity index is 1.06. The van der Waals surface area contributed by atoms with E-state index in [1.165, 1.54) is 10.4 Å². The van der Waals surface area contributed by atoms with E-state index in [-0.39, 0.29) is 75.1 Å². The van der Waals surface area contributed by atoms with Crippen molar-refractivity contribution in [3.63, 3.8) is 0 Å². The minimum Gasteiger partial charge on any atom is -0.497 e. The Morgan fingerprint density at radius 1 is 0.756 bits per heavy atom. The lowest BCUT2D eigenvalue weighted by Crippen LogP contribution is -2.66. The van der Waals surface area contributed by atoms with Crippen LogP contribution in [0.5, 0.6) is 5.75 Å². The Labute approximate surface area is 481 Å². The molecule has 3 aliphatic heterocycles. The van der Waals surface area contributed by atoms with E-state index in [0.717, 1.165) is 61.0 Å². The Hall–Kier alpha value is -2.44. The molecule has 0 radical (unpaired) electrons. The molecule has 3 heterocycles. The molecule has 78 heavy (non-hydrogen) atoms. The number of ether oxygens (including phenoxy) is 5. The number of hydrogen-bond acceptors (Lipinski definition) is 9. The fourth-order valence-electron chi connectivity index (χ4n) is 11.5. The highest BCUT2D eigenvalue weighted by atomic mass is 35.5. The van der Waals surface area contributed by atoms with Gasteiger partial charge in [-0.25, -0.2) is 0 Å². The summed E-state index contributed by atoms with van der Waals surface area (Å²) in [6.07, 6.45) is 4.45. The number of alkyl halides is 1. The van der Waals surface area contributed by atoms with Crippen molar-refractivity contribution in [2.24, 2.45) is 11.8 Å². The number of halogens is 1. The summed E-state index contributed by atoms with van der Waals surface area (Å²) in [6.45, 7) is 44.9. The fraction of sp³-hybridized carbons (Fsp3) is 0.662. The summed E-state index contributed by atoms with van der Waals surface area (Å²) in [7, 11) is -5.11. The molecule has 0 amide bonds. The van der Waals surface area contributed by atoms with Crippen molar-refractivity contribution in [3.05, 3.63) is 115 Å². The number of benzene rings is 3. The topological polar surface area (TPSA) is 94.1 Å². The molecule has 0 unspecified atom stereocenters. The smallest absolute Gasteiger partial charge is 0.261 e. The maximum atomic E-state index is 12.1. The minimum absolute atomic E-state index is 0.0198. The lowest BCUT2D eigenvalue weighted by atomic mass is 9.80. The van der Waals surface area contributed by atoms with Gasteiger partial charge >= 0.3 is 0 Å². The van der Waals surface area contributed by atoms with Crippen LogP contribution in [0, 0.1) is 11.8 Å². The molecule has 13 heteroatoms. The highest BCUT2D eigenvalue weighted by molar-refractivity contribution is 6.99. The molecular formula is C65H103ClO9Si3. The number of fused-ring (bicyclic) bond motifs is 1. The number of aliphatic hydroxyl groups excluding tert-OH is 1. The summed E-state index contributed by atoms with van der Waals surface area (Å²) >= 11 is 7.17. The van der Waals surface area contributed by atoms with Crippen LogP contribution in [0.15, 0.2) is 109 Å². The van der Waals surface area contributed by atoms with Crippen LogP contribution in [0.2, 0.25) is 41.3 Å². The van der Waals surface area contributed by atoms with Crippen molar-refractivity contribution >= 4 is 46.9 Å². The van der Waals surface area contributed by atoms with E-state index >= 15 is 0 Å². The molecule has 12 atom stereocenters. The van der Waals surface area contributed by atoms with Gasteiger partial charge in [0.25, 0.3) is 8.32 Å². The van der Waals surface area contributed by atoms with Gasteiger partial charge in [-0.05, 0) is 131 Å². The minimum atomic E-state index is -2.60. The second kappa shape index (κ2) is 27.3. The summed E-state index contributed by atoms with van der Waals surface area (Å²) in [5, 5.41) is 14.7. The van der Waals surface area contributed by atoms with Gasteiger partial charge in [0.1, 0.15) is 5.75 Å². The second-order valence-electron chi connectivity index (χ2n) is 27.3. The first-order valence-corrected chi connectivity index (χ1v) is 37.6. The Morgan fingerprint density at radius 3 is 1.92 bits per heavy atom. The first-order valence-electron chi connectivity index (χ1n) is 29.4. The molecule has 1 N–H and O–H groups in total. The lowest BCUT2D eigenvalue weighted by molar-refractivity contribution is -0.274. The molecule has 3 fully saturated rings. The number of methoxy groups -OCH3 is 1. The van der Waals surface area contributed by atoms with Crippen LogP contribution in [0.3, 0.4) is 0 Å². The lowest BCUT2D eigenvalue weighted by Gasteiger charge is -2.53. The fourth-order valence-corrected chi connectivity index (χ4v) is 18.9. The van der Waals surface area contributed by atoms with Crippen molar-refractivity contribution in [3.8, 4) is 5.75 Å². The molecule has 6 rings (SSSR count). The van der Waals surface area contributed by atoms with E-state index < -0.39 is 37.2 Å². The van der Waals surface area contributed by atoms with E-state index in [4.69, 9.17) is 48.6 Å². The highest BCUT2D eigenvalue weighted by Gasteiger charge is 2.53. The van der Waals surface area contributed by atoms with Crippen molar-refractivity contribution in [2.45, 2.75) is 242 Å². The molecule has 3 saturated heterocycles. The predicted molar refractivity (Wildman–Crippen MR) is 330 cm³/mol. The van der Waals surface area contributed by atoms with Gasteiger partial charge in [0, 0.05) is 37.4 Å². The zero-order valence-corrected chi connectivity index (χ0v) is 54.8. The molecule has 0 spiro atoms. The SMILES string of the molecule is C=C([C@H](C)C[C@@H](Cl)CC[C@@H]1O[C@@H](CCCO[Si](c2ccccc2)(c2ccccc2)C(C)(C)C)CC1=C)[C@H](O)C[C@@H]1O[C@H]2C[C@@H](O[Si](C)(C)C(C)(C)C)[C@@H](CCO[Si](C)(C)C(C)(C)C)O[C@H]2[C@H](C)[C@H]1OCc1ccc(OC)cc1. The molecule has 3 aromatic carbocycles. The Morgan fingerprint density at radius 2 is 1.36 bits per heavy atom. The van der Waals surface area contributed by atoms with E-state index in [2.05, 4.69) is 176 Å². The van der Waals surface area contributed by atoms with Crippen LogP contribution in [0.1, 0.15) is 140 Å². The normalized spacial score (nSPS) is 25.8. The molecular weight excluding hydrogens is 1040 g/mol. The van der Waals surface area contributed by atoms with Gasteiger partial charge in [-0.1, -0.05) is 162 Å². The maximum Gasteiger partial charge on any atom is 0.261 e. The van der Waals surface area contributed by atoms with E-state index in [9.17, 15) is 5.11 Å². The van der Waals surface area contributed by atoms with E-state index in [1.807, 2.05) is 24.3 Å². The van der Waals surface area contributed by atoms with Crippen molar-refractivity contribution in [1.82, 2.24) is 0 Å². The molecule has 436 valence electrons. The van der Waals surface area contributed by atoms with Crippen LogP contribution in [0.4, 0.5) is 0 Å². The Kier molecular flexibility index (Phi) is 22.7. The van der Waals surface area contributed by atoms with Crippen LogP contribution in [0.25, 0.3) is 0 Å². The van der Waals surface area contributed by atoms with E-state index in [0.29, 0.717) is 39.1 Å². The van der Waals surface area contributed by atoms with Crippen LogP contribution < -0.4 is 15.1 Å². The average Bonchev–Trinajstić information content (AvgIpc) is 3.74. The molecule has 0 aromatic heterocycles. The van der Waals surface area contributed by atoms with Crippen molar-refractivity contribution in [1.29, 1.82) is 0 Å². The van der Waals surface area contributed by atoms with Gasteiger partial charge < -0.3 is 42.1 Å². The number of rotatable bonds is 26. The molecule has 0 aliphatic carbocycles. The third kappa shape index (κ3) is 16.2. The molecule has 9 nitrogen and oxygen atoms in total. The standard InChI is InChI=1S/C65H103ClO9Si3/c1-45(40-50(66)33-36-56-46(2)41-52(72-56)26-25-38-71-78(65(11,12)13,53-27-21-19-22-28-53)54-29-23-20-24-30-54)47(3)55(67)42-59-61(69-44-49-31-34-51(68-14)35-32-49)48(4)62-60(73-59)43-58(75-77(17,18)64(8,9)10)57(74-62)37-39-70-76(15,16)63(5,6)7/h19-24,27-32,34-35,45,48,50,52,55-62,67H,2-3,25-26,33,36-44H2,1,4-18H3/t45-,48-,50+,52+,55-,56+,57-,58-,59+,60+,61-,62+/m1/s1. The van der Waals surface area contributed by atoms with Crippen LogP contribution >= 0.6 is 11.6 Å². The summed E-state index contributed by atoms with van der Waals surface area (Å²) in [5.41, 5.74) is 2.93. The first-order chi connectivity index (χ1) is 36.5. The summed E-state index contributed by atoms with van der Waals surface area (Å²) < 4.78 is 54.5. The zero-order chi connectivity index (χ0) is 57.4. The first kappa shape index (κ1) is 64.7. The maximum absolute atomic E-state index is 12.1. The quantitative estimate of drug-likeness (QED) is 0.0365. The highest BCUT2D eigenvalue weighted by Crippen LogP contribution is 2.45. The Bertz CT molecular complexity index is 2290. The summed E-state index contributed by atoms with van der Waals surface area (Å²) in [5.74, 6) is 0.730. The van der Waals surface area contributed by atoms with Gasteiger partial charge in [0.15, 0.2) is 16.6 Å². The molecule has 3 aliphatic rings. The van der Waals surface area contributed by atoms with Crippen LogP contribution in [-0.2, 0) is 38.8 Å². The average molecular weight is 1150 g/mol. The van der Waals surface area contributed by atoms with Crippen molar-refractivity contribution < 1.29 is 42.1 Å². The molecule has 3 aromatic rings. The molecule has 0 bridgehead atoms. The summed E-state index contributed by atoms with van der Waals surface area (Å²) in [6, 6.07) is 29.7. The second-order valence-corrected chi connectivity index (χ2v) is 41.8. The summed E-state index contributed by atoms with van der Waals surface area (Å²) in [4.78, 5) is 0. The number of aliphatic hydroxyl groups is 1. The van der Waals surface area contributed by atoms with Crippen LogP contribution in [-0.4, -0.2) is 111 Å². The van der Waals surface area contributed by atoms with Gasteiger partial charge in [0.2, 0.25) is 0 Å². The monoisotopic (exact) mass is 1150 g/mol. The van der Waals surface area contributed by atoms with Gasteiger partial charge in [-0.2, -0.15) is 0 Å². The van der Waals surface area contributed by atoms with Gasteiger partial charge in [-0.3, -0.25) is 0 Å². The van der Waals surface area contributed by atoms with Crippen molar-refractivity contribution in [2.75, 3.05) is 20.3 Å². The third-order valence-corrected chi connectivity index (χ3v) is 32.9. The predicted octanol–water partition coefficient (Wildman–Crippen LogP) is 14.7.